The first-order valence-corrected chi connectivity index (χ1v) is 9.86. The molecule has 1 amide bonds. The molecule has 0 aliphatic heterocycles. The number of hydrogen-bond acceptors (Lipinski definition) is 4. The zero-order valence-corrected chi connectivity index (χ0v) is 15.1. The van der Waals surface area contributed by atoms with Crippen molar-refractivity contribution in [3.05, 3.63) is 48.5 Å². The molecule has 0 radical (unpaired) electrons. The molecule has 25 heavy (non-hydrogen) atoms. The van der Waals surface area contributed by atoms with Gasteiger partial charge in [0.05, 0.1) is 17.1 Å². The fraction of sp³-hybridized carbons (Fsp3) is 0.389. The number of imidazole rings is 1. The summed E-state index contributed by atoms with van der Waals surface area (Å²) in [5, 5.41) is 7.29. The van der Waals surface area contributed by atoms with Crippen molar-refractivity contribution < 1.29 is 4.79 Å². The zero-order chi connectivity index (χ0) is 17.5. The maximum Gasteiger partial charge on any atom is 0.220 e. The van der Waals surface area contributed by atoms with Gasteiger partial charge in [0.15, 0.2) is 0 Å². The standard InChI is InChI=1S/C18H23N5OS/c1-25-13-9-16(18-21-14-6-2-3-7-15(14)22-18)20-17(24)8-4-11-23-12-5-10-19-23/h2-3,5-7,10,12,16H,4,8-9,11,13H2,1H3,(H,20,24)(H,21,22)/t16-/m1/s1. The number of aromatic nitrogens is 4. The van der Waals surface area contributed by atoms with Gasteiger partial charge < -0.3 is 10.3 Å². The molecule has 3 rings (SSSR count). The van der Waals surface area contributed by atoms with Gasteiger partial charge in [-0.3, -0.25) is 9.48 Å². The third-order valence-electron chi connectivity index (χ3n) is 4.03. The lowest BCUT2D eigenvalue weighted by molar-refractivity contribution is -0.122. The van der Waals surface area contributed by atoms with Crippen LogP contribution in [0.5, 0.6) is 0 Å². The number of carbonyl (C=O) groups excluding carboxylic acids is 1. The molecular formula is C18H23N5OS. The van der Waals surface area contributed by atoms with Gasteiger partial charge in [-0.15, -0.1) is 0 Å². The number of carbonyl (C=O) groups is 1. The van der Waals surface area contributed by atoms with Gasteiger partial charge in [-0.1, -0.05) is 12.1 Å². The average Bonchev–Trinajstić information content (AvgIpc) is 3.27. The molecule has 2 N–H and O–H groups in total. The van der Waals surface area contributed by atoms with Gasteiger partial charge in [-0.05, 0) is 43.0 Å². The van der Waals surface area contributed by atoms with Crippen LogP contribution in [0.25, 0.3) is 11.0 Å². The van der Waals surface area contributed by atoms with E-state index in [1.807, 2.05) is 41.2 Å². The summed E-state index contributed by atoms with van der Waals surface area (Å²) in [6.07, 6.45) is 7.83. The van der Waals surface area contributed by atoms with E-state index in [1.165, 1.54) is 0 Å². The number of rotatable bonds is 9. The number of aryl methyl sites for hydroxylation is 1. The van der Waals surface area contributed by atoms with Crippen molar-refractivity contribution in [3.8, 4) is 0 Å². The molecule has 0 spiro atoms. The molecule has 0 aliphatic carbocycles. The Balaban J connectivity index is 1.60. The van der Waals surface area contributed by atoms with Gasteiger partial charge in [0.2, 0.25) is 5.91 Å². The Morgan fingerprint density at radius 3 is 3.00 bits per heavy atom. The number of amides is 1. The summed E-state index contributed by atoms with van der Waals surface area (Å²) in [6, 6.07) is 9.74. The summed E-state index contributed by atoms with van der Waals surface area (Å²) in [5.41, 5.74) is 1.93. The fourth-order valence-corrected chi connectivity index (χ4v) is 3.22. The van der Waals surface area contributed by atoms with Crippen LogP contribution in [-0.2, 0) is 11.3 Å². The van der Waals surface area contributed by atoms with Gasteiger partial charge in [-0.25, -0.2) is 4.98 Å². The predicted octanol–water partition coefficient (Wildman–Crippen LogP) is 3.15. The molecule has 0 saturated carbocycles. The Bertz CT molecular complexity index is 766. The van der Waals surface area contributed by atoms with Gasteiger partial charge in [0, 0.05) is 25.4 Å². The van der Waals surface area contributed by atoms with Crippen molar-refractivity contribution >= 4 is 28.7 Å². The van der Waals surface area contributed by atoms with Crippen molar-refractivity contribution in [1.29, 1.82) is 0 Å². The first-order chi connectivity index (χ1) is 12.3. The molecule has 0 unspecified atom stereocenters. The second-order valence-electron chi connectivity index (χ2n) is 5.91. The molecule has 0 bridgehead atoms. The second kappa shape index (κ2) is 8.71. The number of aromatic amines is 1. The number of H-pyrrole nitrogens is 1. The van der Waals surface area contributed by atoms with E-state index in [2.05, 4.69) is 26.6 Å². The smallest absolute Gasteiger partial charge is 0.220 e. The van der Waals surface area contributed by atoms with Crippen molar-refractivity contribution in [2.45, 2.75) is 31.8 Å². The zero-order valence-electron chi connectivity index (χ0n) is 14.3. The minimum atomic E-state index is -0.0861. The van der Waals surface area contributed by atoms with Crippen LogP contribution in [-0.4, -0.2) is 37.7 Å². The molecule has 1 atom stereocenters. The van der Waals surface area contributed by atoms with E-state index in [0.717, 1.165) is 42.0 Å². The Hall–Kier alpha value is -2.28. The molecule has 0 saturated heterocycles. The van der Waals surface area contributed by atoms with E-state index in [9.17, 15) is 4.79 Å². The lowest BCUT2D eigenvalue weighted by Crippen LogP contribution is -2.29. The summed E-state index contributed by atoms with van der Waals surface area (Å²) in [6.45, 7) is 0.751. The van der Waals surface area contributed by atoms with Crippen LogP contribution in [0.3, 0.4) is 0 Å². The van der Waals surface area contributed by atoms with E-state index in [1.54, 1.807) is 18.0 Å². The van der Waals surface area contributed by atoms with Crippen LogP contribution in [0.4, 0.5) is 0 Å². The monoisotopic (exact) mass is 357 g/mol. The van der Waals surface area contributed by atoms with Gasteiger partial charge in [0.1, 0.15) is 5.82 Å². The fourth-order valence-electron chi connectivity index (χ4n) is 2.75. The Morgan fingerprint density at radius 2 is 2.24 bits per heavy atom. The van der Waals surface area contributed by atoms with E-state index in [-0.39, 0.29) is 11.9 Å². The lowest BCUT2D eigenvalue weighted by Gasteiger charge is -2.16. The first-order valence-electron chi connectivity index (χ1n) is 8.46. The SMILES string of the molecule is CSCC[C@@H](NC(=O)CCCn1cccn1)c1nc2ccccc2[nH]1. The highest BCUT2D eigenvalue weighted by Crippen LogP contribution is 2.20. The largest absolute Gasteiger partial charge is 0.346 e. The van der Waals surface area contributed by atoms with Crippen LogP contribution >= 0.6 is 11.8 Å². The van der Waals surface area contributed by atoms with E-state index >= 15 is 0 Å². The highest BCUT2D eigenvalue weighted by atomic mass is 32.2. The summed E-state index contributed by atoms with van der Waals surface area (Å²) < 4.78 is 1.84. The van der Waals surface area contributed by atoms with Gasteiger partial charge in [-0.2, -0.15) is 16.9 Å². The van der Waals surface area contributed by atoms with Crippen LogP contribution in [0, 0.1) is 0 Å². The van der Waals surface area contributed by atoms with Gasteiger partial charge >= 0.3 is 0 Å². The minimum Gasteiger partial charge on any atom is -0.346 e. The first kappa shape index (κ1) is 17.5. The summed E-state index contributed by atoms with van der Waals surface area (Å²) in [7, 11) is 0. The average molecular weight is 357 g/mol. The predicted molar refractivity (Wildman–Crippen MR) is 101 cm³/mol. The molecule has 7 heteroatoms. The maximum absolute atomic E-state index is 12.3. The van der Waals surface area contributed by atoms with E-state index < -0.39 is 0 Å². The number of nitrogens with one attached hydrogen (secondary N) is 2. The Kier molecular flexibility index (Phi) is 6.11. The maximum atomic E-state index is 12.3. The van der Waals surface area contributed by atoms with Crippen molar-refractivity contribution in [1.82, 2.24) is 25.1 Å². The minimum absolute atomic E-state index is 0.0544. The van der Waals surface area contributed by atoms with E-state index in [4.69, 9.17) is 0 Å². The number of para-hydroxylation sites is 2. The topological polar surface area (TPSA) is 75.6 Å². The molecule has 2 aromatic heterocycles. The summed E-state index contributed by atoms with van der Waals surface area (Å²) in [4.78, 5) is 20.3. The van der Waals surface area contributed by atoms with Crippen LogP contribution in [0.15, 0.2) is 42.7 Å². The van der Waals surface area contributed by atoms with E-state index in [0.29, 0.717) is 6.42 Å². The highest BCUT2D eigenvalue weighted by molar-refractivity contribution is 7.98. The summed E-state index contributed by atoms with van der Waals surface area (Å²) >= 11 is 1.77. The van der Waals surface area contributed by atoms with Crippen molar-refractivity contribution in [3.63, 3.8) is 0 Å². The third kappa shape index (κ3) is 4.85. The molecule has 2 heterocycles. The van der Waals surface area contributed by atoms with Crippen LogP contribution in [0.1, 0.15) is 31.1 Å². The molecule has 0 fully saturated rings. The molecule has 132 valence electrons. The van der Waals surface area contributed by atoms with Crippen LogP contribution in [0.2, 0.25) is 0 Å². The number of benzene rings is 1. The molecule has 3 aromatic rings. The number of fused-ring (bicyclic) bond motifs is 1. The molecule has 6 nitrogen and oxygen atoms in total. The third-order valence-corrected chi connectivity index (χ3v) is 4.68. The van der Waals surface area contributed by atoms with Gasteiger partial charge in [0.25, 0.3) is 0 Å². The molecule has 0 aliphatic rings. The highest BCUT2D eigenvalue weighted by Gasteiger charge is 2.18. The number of nitrogens with zero attached hydrogens (tertiary/aromatic N) is 3. The molecule has 1 aromatic carbocycles. The number of thioether (sulfide) groups is 1. The Labute approximate surface area is 151 Å². The van der Waals surface area contributed by atoms with Crippen LogP contribution < -0.4 is 5.32 Å². The Morgan fingerprint density at radius 1 is 1.36 bits per heavy atom. The normalized spacial score (nSPS) is 12.4. The number of hydrogen-bond donors (Lipinski definition) is 2. The quantitative estimate of drug-likeness (QED) is 0.617. The summed E-state index contributed by atoms with van der Waals surface area (Å²) in [5.74, 6) is 1.85. The van der Waals surface area contributed by atoms with Crippen molar-refractivity contribution in [2.24, 2.45) is 0 Å². The molecular weight excluding hydrogens is 334 g/mol. The lowest BCUT2D eigenvalue weighted by atomic mass is 10.2. The second-order valence-corrected chi connectivity index (χ2v) is 6.90. The van der Waals surface area contributed by atoms with Crippen molar-refractivity contribution in [2.75, 3.05) is 12.0 Å².